The summed E-state index contributed by atoms with van der Waals surface area (Å²) < 4.78 is 5.81. The van der Waals surface area contributed by atoms with Gasteiger partial charge in [-0.15, -0.1) is 0 Å². The van der Waals surface area contributed by atoms with Crippen LogP contribution in [-0.2, 0) is 0 Å². The molecule has 3 aliphatic rings. The summed E-state index contributed by atoms with van der Waals surface area (Å²) in [7, 11) is 5.94. The molecule has 4 nitrogen and oxygen atoms in total. The molecule has 4 heteroatoms. The zero-order valence-corrected chi connectivity index (χ0v) is 20.9. The van der Waals surface area contributed by atoms with Crippen LogP contribution in [0.4, 0.5) is 11.4 Å². The van der Waals surface area contributed by atoms with Crippen molar-refractivity contribution >= 4 is 11.4 Å². The molecule has 34 heavy (non-hydrogen) atoms. The highest BCUT2D eigenvalue weighted by Crippen LogP contribution is 2.51. The normalized spacial score (nSPS) is 25.9. The maximum Gasteiger partial charge on any atom is 0.142 e. The van der Waals surface area contributed by atoms with Gasteiger partial charge in [0.15, 0.2) is 0 Å². The Bertz CT molecular complexity index is 1050. The van der Waals surface area contributed by atoms with Crippen molar-refractivity contribution in [3.05, 3.63) is 90.0 Å². The van der Waals surface area contributed by atoms with E-state index in [0.29, 0.717) is 12.0 Å². The maximum absolute atomic E-state index is 5.81. The molecule has 0 saturated carbocycles. The Hall–Kier alpha value is -2.98. The molecule has 3 aromatic carbocycles. The molecule has 178 valence electrons. The maximum atomic E-state index is 5.81. The van der Waals surface area contributed by atoms with Gasteiger partial charge in [0, 0.05) is 37.3 Å². The molecule has 3 aromatic rings. The van der Waals surface area contributed by atoms with Crippen molar-refractivity contribution in [3.8, 4) is 5.75 Å². The Morgan fingerprint density at radius 3 is 2.03 bits per heavy atom. The average molecular weight is 456 g/mol. The van der Waals surface area contributed by atoms with Gasteiger partial charge < -0.3 is 15.0 Å². The number of hydrogen-bond acceptors (Lipinski definition) is 4. The quantitative estimate of drug-likeness (QED) is 0.483. The number of ether oxygens (including phenoxy) is 1. The van der Waals surface area contributed by atoms with Gasteiger partial charge in [-0.05, 0) is 68.1 Å². The summed E-state index contributed by atoms with van der Waals surface area (Å²) in [6.45, 7) is 4.80. The molecule has 0 aromatic heterocycles. The van der Waals surface area contributed by atoms with Crippen LogP contribution in [0.15, 0.2) is 78.9 Å². The second kappa shape index (κ2) is 9.34. The van der Waals surface area contributed by atoms with Crippen molar-refractivity contribution in [3.63, 3.8) is 0 Å². The van der Waals surface area contributed by atoms with Crippen LogP contribution in [0, 0.1) is 5.92 Å². The summed E-state index contributed by atoms with van der Waals surface area (Å²) in [5.74, 6) is 1.79. The first-order chi connectivity index (χ1) is 16.5. The third-order valence-corrected chi connectivity index (χ3v) is 8.18. The zero-order chi connectivity index (χ0) is 23.7. The molecular formula is C30H37N3O. The first-order valence-electron chi connectivity index (χ1n) is 12.5. The fourth-order valence-electron chi connectivity index (χ4n) is 6.43. The van der Waals surface area contributed by atoms with E-state index in [-0.39, 0.29) is 11.5 Å². The van der Waals surface area contributed by atoms with Crippen LogP contribution in [-0.4, -0.2) is 50.8 Å². The van der Waals surface area contributed by atoms with Crippen LogP contribution in [0.5, 0.6) is 5.75 Å². The first-order valence-corrected chi connectivity index (χ1v) is 12.5. The van der Waals surface area contributed by atoms with E-state index in [1.807, 2.05) is 0 Å². The van der Waals surface area contributed by atoms with Crippen LogP contribution < -0.4 is 15.0 Å². The van der Waals surface area contributed by atoms with Crippen molar-refractivity contribution in [2.24, 2.45) is 5.92 Å². The highest BCUT2D eigenvalue weighted by atomic mass is 16.5. The minimum Gasteiger partial charge on any atom is -0.495 e. The third-order valence-electron chi connectivity index (χ3n) is 8.18. The van der Waals surface area contributed by atoms with Crippen LogP contribution >= 0.6 is 0 Å². The smallest absolute Gasteiger partial charge is 0.142 e. The van der Waals surface area contributed by atoms with E-state index in [4.69, 9.17) is 4.74 Å². The van der Waals surface area contributed by atoms with E-state index in [1.165, 1.54) is 29.7 Å². The number of benzene rings is 3. The molecule has 0 aliphatic carbocycles. The molecule has 3 heterocycles. The van der Waals surface area contributed by atoms with E-state index in [1.54, 1.807) is 7.11 Å². The van der Waals surface area contributed by atoms with Crippen molar-refractivity contribution in [1.29, 1.82) is 0 Å². The van der Waals surface area contributed by atoms with Crippen LogP contribution in [0.1, 0.15) is 36.8 Å². The van der Waals surface area contributed by atoms with Gasteiger partial charge in [-0.3, -0.25) is 4.90 Å². The molecular weight excluding hydrogens is 418 g/mol. The summed E-state index contributed by atoms with van der Waals surface area (Å²) >= 11 is 0. The van der Waals surface area contributed by atoms with Gasteiger partial charge in [-0.2, -0.15) is 0 Å². The Kier molecular flexibility index (Phi) is 6.26. The molecule has 0 spiro atoms. The zero-order valence-electron chi connectivity index (χ0n) is 20.9. The Morgan fingerprint density at radius 1 is 0.912 bits per heavy atom. The summed E-state index contributed by atoms with van der Waals surface area (Å²) in [4.78, 5) is 4.90. The number of methoxy groups -OCH3 is 1. The van der Waals surface area contributed by atoms with E-state index in [9.17, 15) is 0 Å². The molecule has 3 fully saturated rings. The lowest BCUT2D eigenvalue weighted by Crippen LogP contribution is -2.70. The third kappa shape index (κ3) is 3.94. The van der Waals surface area contributed by atoms with Gasteiger partial charge in [0.05, 0.1) is 12.8 Å². The summed E-state index contributed by atoms with van der Waals surface area (Å²) in [6.07, 6.45) is 2.47. The second-order valence-corrected chi connectivity index (χ2v) is 10.2. The Morgan fingerprint density at radius 2 is 1.50 bits per heavy atom. The molecule has 3 aliphatic heterocycles. The van der Waals surface area contributed by atoms with E-state index < -0.39 is 0 Å². The topological polar surface area (TPSA) is 27.7 Å². The number of anilines is 2. The average Bonchev–Trinajstić information content (AvgIpc) is 2.88. The van der Waals surface area contributed by atoms with E-state index in [2.05, 4.69) is 115 Å². The number of fused-ring (bicyclic) bond motifs is 3. The predicted molar refractivity (Wildman–Crippen MR) is 142 cm³/mol. The Labute approximate surface area is 204 Å². The fraction of sp³-hybridized carbons (Fsp3) is 0.400. The lowest BCUT2D eigenvalue weighted by molar-refractivity contribution is -0.0401. The largest absolute Gasteiger partial charge is 0.495 e. The standard InChI is InChI=1S/C30H37N3O/c1-30(28(22-11-7-5-8-12-22)23-13-9-6-10-14-23)29(24-17-19-33(30)20-18-24)31-26-21-25(32(2)3)15-16-27(26)34-4/h5-16,21,24,28-29,31H,17-20H2,1-4H3/t29-,30-/m0/s1. The van der Waals surface area contributed by atoms with Gasteiger partial charge in [0.25, 0.3) is 0 Å². The van der Waals surface area contributed by atoms with Crippen LogP contribution in [0.2, 0.25) is 0 Å². The molecule has 0 unspecified atom stereocenters. The number of piperidine rings is 3. The minimum atomic E-state index is -0.0804. The lowest BCUT2D eigenvalue weighted by Gasteiger charge is -2.61. The van der Waals surface area contributed by atoms with E-state index >= 15 is 0 Å². The van der Waals surface area contributed by atoms with E-state index in [0.717, 1.165) is 24.5 Å². The Balaban J connectivity index is 1.63. The first kappa shape index (κ1) is 22.8. The monoisotopic (exact) mass is 455 g/mol. The van der Waals surface area contributed by atoms with Crippen LogP contribution in [0.25, 0.3) is 0 Å². The molecule has 2 bridgehead atoms. The number of hydrogen-bond donors (Lipinski definition) is 1. The SMILES string of the molecule is COc1ccc(N(C)C)cc1N[C@H]1C2CCN(CC2)[C@@]1(C)C(c1ccccc1)c1ccccc1. The van der Waals surface area contributed by atoms with Gasteiger partial charge in [0.2, 0.25) is 0 Å². The molecule has 6 rings (SSSR count). The van der Waals surface area contributed by atoms with Gasteiger partial charge in [-0.25, -0.2) is 0 Å². The number of rotatable bonds is 7. The molecule has 0 radical (unpaired) electrons. The van der Waals surface area contributed by atoms with Gasteiger partial charge in [-0.1, -0.05) is 60.7 Å². The highest BCUT2D eigenvalue weighted by molar-refractivity contribution is 5.66. The predicted octanol–water partition coefficient (Wildman–Crippen LogP) is 5.86. The molecule has 1 N–H and O–H groups in total. The summed E-state index contributed by atoms with van der Waals surface area (Å²) in [6, 6.07) is 28.9. The second-order valence-electron chi connectivity index (χ2n) is 10.2. The fourth-order valence-corrected chi connectivity index (χ4v) is 6.43. The summed E-state index contributed by atoms with van der Waals surface area (Å²) in [5.41, 5.74) is 4.94. The van der Waals surface area contributed by atoms with Gasteiger partial charge in [0.1, 0.15) is 5.75 Å². The minimum absolute atomic E-state index is 0.0804. The number of nitrogens with one attached hydrogen (secondary N) is 1. The highest BCUT2D eigenvalue weighted by Gasteiger charge is 2.55. The lowest BCUT2D eigenvalue weighted by atomic mass is 9.62. The molecule has 0 amide bonds. The van der Waals surface area contributed by atoms with Gasteiger partial charge >= 0.3 is 0 Å². The van der Waals surface area contributed by atoms with Crippen molar-refractivity contribution in [2.75, 3.05) is 44.5 Å². The number of nitrogens with zero attached hydrogens (tertiary/aromatic N) is 2. The van der Waals surface area contributed by atoms with Crippen LogP contribution in [0.3, 0.4) is 0 Å². The van der Waals surface area contributed by atoms with Crippen molar-refractivity contribution in [1.82, 2.24) is 4.90 Å². The van der Waals surface area contributed by atoms with Crippen molar-refractivity contribution < 1.29 is 4.74 Å². The summed E-state index contributed by atoms with van der Waals surface area (Å²) in [5, 5.41) is 4.04. The molecule has 3 saturated heterocycles. The van der Waals surface area contributed by atoms with Crippen molar-refractivity contribution in [2.45, 2.75) is 37.3 Å². The molecule has 2 atom stereocenters.